The van der Waals surface area contributed by atoms with Crippen molar-refractivity contribution in [2.75, 3.05) is 0 Å². The molecule has 1 aliphatic carbocycles. The monoisotopic (exact) mass is 222 g/mol. The fourth-order valence-electron chi connectivity index (χ4n) is 3.09. The Labute approximate surface area is 96.3 Å². The van der Waals surface area contributed by atoms with Crippen molar-refractivity contribution in [1.29, 1.82) is 0 Å². The summed E-state index contributed by atoms with van der Waals surface area (Å²) in [6.07, 6.45) is 2.73. The number of benzene rings is 1. The van der Waals surface area contributed by atoms with Crippen LogP contribution in [0, 0.1) is 17.7 Å². The molecular weight excluding hydrogens is 203 g/mol. The molecule has 16 heavy (non-hydrogen) atoms. The first kappa shape index (κ1) is 11.6. The molecule has 2 rings (SSSR count). The Morgan fingerprint density at radius 1 is 1.12 bits per heavy atom. The van der Waals surface area contributed by atoms with Crippen molar-refractivity contribution in [3.05, 3.63) is 35.6 Å². The minimum absolute atomic E-state index is 0.246. The van der Waals surface area contributed by atoms with E-state index in [9.17, 15) is 9.50 Å². The Morgan fingerprint density at radius 3 is 2.12 bits per heavy atom. The fraction of sp³-hybridized carbons (Fsp3) is 0.571. The van der Waals surface area contributed by atoms with E-state index in [1.807, 2.05) is 0 Å². The zero-order valence-corrected chi connectivity index (χ0v) is 9.91. The fourth-order valence-corrected chi connectivity index (χ4v) is 3.09. The van der Waals surface area contributed by atoms with Crippen LogP contribution in [-0.2, 0) is 5.60 Å². The molecule has 0 spiro atoms. The third-order valence-corrected chi connectivity index (χ3v) is 3.56. The van der Waals surface area contributed by atoms with Gasteiger partial charge in [0.2, 0.25) is 0 Å². The molecule has 1 aromatic carbocycles. The Hall–Kier alpha value is -0.890. The molecule has 0 heterocycles. The lowest BCUT2D eigenvalue weighted by molar-refractivity contribution is -0.0363. The van der Waals surface area contributed by atoms with Gasteiger partial charge in [0.1, 0.15) is 5.82 Å². The van der Waals surface area contributed by atoms with Crippen LogP contribution >= 0.6 is 0 Å². The third kappa shape index (κ3) is 2.27. The normalized spacial score (nSPS) is 35.0. The van der Waals surface area contributed by atoms with Crippen LogP contribution in [0.4, 0.5) is 4.39 Å². The van der Waals surface area contributed by atoms with Crippen LogP contribution in [0.3, 0.4) is 0 Å². The van der Waals surface area contributed by atoms with E-state index in [1.165, 1.54) is 18.6 Å². The van der Waals surface area contributed by atoms with E-state index in [1.54, 1.807) is 12.1 Å². The molecule has 0 aromatic heterocycles. The van der Waals surface area contributed by atoms with Crippen LogP contribution in [0.15, 0.2) is 24.3 Å². The second kappa shape index (κ2) is 4.17. The second-order valence-corrected chi connectivity index (χ2v) is 5.39. The van der Waals surface area contributed by atoms with Gasteiger partial charge in [0, 0.05) is 0 Å². The van der Waals surface area contributed by atoms with Crippen molar-refractivity contribution < 1.29 is 9.50 Å². The molecule has 1 aromatic rings. The lowest BCUT2D eigenvalue weighted by Gasteiger charge is -2.39. The lowest BCUT2D eigenvalue weighted by atomic mass is 9.71. The van der Waals surface area contributed by atoms with Crippen molar-refractivity contribution >= 4 is 0 Å². The smallest absolute Gasteiger partial charge is 0.123 e. The van der Waals surface area contributed by atoms with E-state index in [-0.39, 0.29) is 5.82 Å². The van der Waals surface area contributed by atoms with Crippen LogP contribution in [0.25, 0.3) is 0 Å². The number of halogens is 1. The molecule has 1 N–H and O–H groups in total. The molecule has 0 bridgehead atoms. The zero-order valence-electron chi connectivity index (χ0n) is 9.91. The molecule has 0 aliphatic heterocycles. The predicted octanol–water partition coefficient (Wildman–Crippen LogP) is 3.47. The summed E-state index contributed by atoms with van der Waals surface area (Å²) in [5.74, 6) is 0.807. The van der Waals surface area contributed by atoms with Gasteiger partial charge in [0.05, 0.1) is 5.60 Å². The Morgan fingerprint density at radius 2 is 1.62 bits per heavy atom. The highest BCUT2D eigenvalue weighted by Gasteiger charge is 2.37. The maximum absolute atomic E-state index is 12.9. The van der Waals surface area contributed by atoms with Gasteiger partial charge in [-0.15, -0.1) is 0 Å². The quantitative estimate of drug-likeness (QED) is 0.771. The molecule has 0 saturated heterocycles. The maximum Gasteiger partial charge on any atom is 0.123 e. The van der Waals surface area contributed by atoms with Gasteiger partial charge in [0.25, 0.3) is 0 Å². The van der Waals surface area contributed by atoms with Crippen LogP contribution in [0.1, 0.15) is 38.7 Å². The van der Waals surface area contributed by atoms with E-state index in [0.717, 1.165) is 18.4 Å². The second-order valence-electron chi connectivity index (χ2n) is 5.39. The lowest BCUT2D eigenvalue weighted by Crippen LogP contribution is -2.35. The molecule has 2 atom stereocenters. The number of aliphatic hydroxyl groups is 1. The molecule has 1 aliphatic rings. The van der Waals surface area contributed by atoms with Crippen LogP contribution in [0.2, 0.25) is 0 Å². The summed E-state index contributed by atoms with van der Waals surface area (Å²) in [5, 5.41) is 10.7. The molecular formula is C14H19FO. The predicted molar refractivity (Wildman–Crippen MR) is 62.5 cm³/mol. The third-order valence-electron chi connectivity index (χ3n) is 3.56. The average Bonchev–Trinajstić information content (AvgIpc) is 2.16. The summed E-state index contributed by atoms with van der Waals surface area (Å²) in [7, 11) is 0. The molecule has 1 fully saturated rings. The van der Waals surface area contributed by atoms with E-state index in [0.29, 0.717) is 11.8 Å². The minimum Gasteiger partial charge on any atom is -0.385 e. The Bertz CT molecular complexity index is 348. The minimum atomic E-state index is -0.759. The van der Waals surface area contributed by atoms with Gasteiger partial charge in [-0.1, -0.05) is 26.0 Å². The van der Waals surface area contributed by atoms with Gasteiger partial charge in [-0.2, -0.15) is 0 Å². The highest BCUT2D eigenvalue weighted by atomic mass is 19.1. The van der Waals surface area contributed by atoms with Crippen molar-refractivity contribution in [3.8, 4) is 0 Å². The van der Waals surface area contributed by atoms with Crippen LogP contribution in [0.5, 0.6) is 0 Å². The van der Waals surface area contributed by atoms with Gasteiger partial charge in [-0.25, -0.2) is 4.39 Å². The van der Waals surface area contributed by atoms with Crippen LogP contribution in [-0.4, -0.2) is 5.11 Å². The first-order valence-corrected chi connectivity index (χ1v) is 5.98. The standard InChI is InChI=1S/C14H19FO/c1-10-7-11(2)9-14(16,8-10)12-3-5-13(15)6-4-12/h3-6,10-11,16H,7-9H2,1-2H3. The molecule has 1 nitrogen and oxygen atoms in total. The van der Waals surface area contributed by atoms with E-state index < -0.39 is 5.60 Å². The number of rotatable bonds is 1. The van der Waals surface area contributed by atoms with Gasteiger partial charge in [-0.3, -0.25) is 0 Å². The first-order valence-electron chi connectivity index (χ1n) is 5.98. The van der Waals surface area contributed by atoms with Gasteiger partial charge >= 0.3 is 0 Å². The van der Waals surface area contributed by atoms with Crippen molar-refractivity contribution in [1.82, 2.24) is 0 Å². The van der Waals surface area contributed by atoms with E-state index in [4.69, 9.17) is 0 Å². The van der Waals surface area contributed by atoms with Crippen LogP contribution < -0.4 is 0 Å². The topological polar surface area (TPSA) is 20.2 Å². The average molecular weight is 222 g/mol. The van der Waals surface area contributed by atoms with Gasteiger partial charge in [0.15, 0.2) is 0 Å². The highest BCUT2D eigenvalue weighted by molar-refractivity contribution is 5.23. The van der Waals surface area contributed by atoms with Crippen molar-refractivity contribution in [2.24, 2.45) is 11.8 Å². The maximum atomic E-state index is 12.9. The molecule has 2 unspecified atom stereocenters. The summed E-state index contributed by atoms with van der Waals surface area (Å²) in [4.78, 5) is 0. The summed E-state index contributed by atoms with van der Waals surface area (Å²) in [5.41, 5.74) is 0.0948. The molecule has 0 radical (unpaired) electrons. The number of hydrogen-bond donors (Lipinski definition) is 1. The summed E-state index contributed by atoms with van der Waals surface area (Å²) < 4.78 is 12.9. The summed E-state index contributed by atoms with van der Waals surface area (Å²) >= 11 is 0. The molecule has 0 amide bonds. The summed E-state index contributed by atoms with van der Waals surface area (Å²) in [6, 6.07) is 6.27. The number of hydrogen-bond acceptors (Lipinski definition) is 1. The molecule has 88 valence electrons. The van der Waals surface area contributed by atoms with Gasteiger partial charge in [-0.05, 0) is 48.8 Å². The highest BCUT2D eigenvalue weighted by Crippen LogP contribution is 2.42. The summed E-state index contributed by atoms with van der Waals surface area (Å²) in [6.45, 7) is 4.34. The Balaban J connectivity index is 2.26. The van der Waals surface area contributed by atoms with Crippen molar-refractivity contribution in [3.63, 3.8) is 0 Å². The van der Waals surface area contributed by atoms with Gasteiger partial charge < -0.3 is 5.11 Å². The SMILES string of the molecule is CC1CC(C)CC(O)(c2ccc(F)cc2)C1. The largest absolute Gasteiger partial charge is 0.385 e. The zero-order chi connectivity index (χ0) is 11.8. The Kier molecular flexibility index (Phi) is 3.02. The van der Waals surface area contributed by atoms with Crippen molar-refractivity contribution in [2.45, 2.75) is 38.7 Å². The van der Waals surface area contributed by atoms with E-state index in [2.05, 4.69) is 13.8 Å². The first-order chi connectivity index (χ1) is 7.49. The van der Waals surface area contributed by atoms with E-state index >= 15 is 0 Å². The molecule has 1 saturated carbocycles. The molecule has 2 heteroatoms.